The van der Waals surface area contributed by atoms with Gasteiger partial charge in [-0.15, -0.1) is 0 Å². The maximum atomic E-state index is 11.9. The Morgan fingerprint density at radius 1 is 1.06 bits per heavy atom. The summed E-state index contributed by atoms with van der Waals surface area (Å²) in [6, 6.07) is 4.96. The molecule has 0 aliphatic rings. The van der Waals surface area contributed by atoms with Crippen molar-refractivity contribution in [2.75, 3.05) is 0 Å². The Bertz CT molecular complexity index is 526. The smallest absolute Gasteiger partial charge is 0.231 e. The number of ketones is 1. The number of carbonyl (C=O) groups excluding carboxylic acids is 2. The molecule has 0 aliphatic heterocycles. The van der Waals surface area contributed by atoms with Gasteiger partial charge in [-0.05, 0) is 12.1 Å². The van der Waals surface area contributed by atoms with Crippen LogP contribution in [0.5, 0.6) is 0 Å². The summed E-state index contributed by atoms with van der Waals surface area (Å²) in [6.07, 6.45) is 4.73. The average Bonchev–Trinajstić information content (AvgIpc) is 2.39. The molecule has 16 heavy (non-hydrogen) atoms. The molecule has 0 saturated carbocycles. The third-order valence-electron chi connectivity index (χ3n) is 1.95. The third-order valence-corrected chi connectivity index (χ3v) is 1.95. The quantitative estimate of drug-likeness (QED) is 0.559. The van der Waals surface area contributed by atoms with E-state index in [9.17, 15) is 9.59 Å². The number of hydrogen-bond acceptors (Lipinski definition) is 5. The SMILES string of the molecule is O=Cc1nccnc1C(=O)c1ccccn1. The van der Waals surface area contributed by atoms with Crippen molar-refractivity contribution in [1.29, 1.82) is 0 Å². The molecule has 0 amide bonds. The van der Waals surface area contributed by atoms with Gasteiger partial charge in [0.25, 0.3) is 0 Å². The zero-order chi connectivity index (χ0) is 11.4. The summed E-state index contributed by atoms with van der Waals surface area (Å²) < 4.78 is 0. The summed E-state index contributed by atoms with van der Waals surface area (Å²) in [6.45, 7) is 0. The number of carbonyl (C=O) groups is 2. The summed E-state index contributed by atoms with van der Waals surface area (Å²) in [4.78, 5) is 34.1. The molecule has 0 radical (unpaired) electrons. The van der Waals surface area contributed by atoms with Gasteiger partial charge in [0.05, 0.1) is 0 Å². The summed E-state index contributed by atoms with van der Waals surface area (Å²) >= 11 is 0. The van der Waals surface area contributed by atoms with Gasteiger partial charge in [0, 0.05) is 18.6 Å². The molecule has 2 aromatic heterocycles. The molecule has 0 aromatic carbocycles. The lowest BCUT2D eigenvalue weighted by atomic mass is 10.1. The molecule has 5 heteroatoms. The van der Waals surface area contributed by atoms with Gasteiger partial charge in [0.1, 0.15) is 17.1 Å². The molecule has 0 N–H and O–H groups in total. The molecule has 2 aromatic rings. The molecule has 5 nitrogen and oxygen atoms in total. The molecule has 78 valence electrons. The van der Waals surface area contributed by atoms with Crippen LogP contribution in [-0.4, -0.2) is 27.0 Å². The van der Waals surface area contributed by atoms with E-state index in [1.54, 1.807) is 18.2 Å². The Labute approximate surface area is 91.2 Å². The van der Waals surface area contributed by atoms with Crippen LogP contribution in [0.15, 0.2) is 36.8 Å². The van der Waals surface area contributed by atoms with Gasteiger partial charge < -0.3 is 0 Å². The van der Waals surface area contributed by atoms with Crippen molar-refractivity contribution in [3.8, 4) is 0 Å². The molecule has 0 aliphatic carbocycles. The van der Waals surface area contributed by atoms with Crippen LogP contribution in [0.2, 0.25) is 0 Å². The van der Waals surface area contributed by atoms with Crippen molar-refractivity contribution >= 4 is 12.1 Å². The van der Waals surface area contributed by atoms with Crippen LogP contribution in [-0.2, 0) is 0 Å². The third kappa shape index (κ3) is 1.83. The summed E-state index contributed by atoms with van der Waals surface area (Å²) in [5.41, 5.74) is 0.292. The summed E-state index contributed by atoms with van der Waals surface area (Å²) in [5, 5.41) is 0. The predicted octanol–water partition coefficient (Wildman–Crippen LogP) is 0.915. The standard InChI is InChI=1S/C11H7N3O2/c15-7-9-10(14-6-5-13-9)11(16)8-3-1-2-4-12-8/h1-7H. The highest BCUT2D eigenvalue weighted by Gasteiger charge is 2.16. The van der Waals surface area contributed by atoms with E-state index in [1.807, 2.05) is 0 Å². The Hall–Kier alpha value is -2.43. The maximum Gasteiger partial charge on any atom is 0.231 e. The van der Waals surface area contributed by atoms with Crippen LogP contribution in [0.1, 0.15) is 26.7 Å². The second-order valence-electron chi connectivity index (χ2n) is 2.95. The number of hydrogen-bond donors (Lipinski definition) is 0. The molecular formula is C11H7N3O2. The van der Waals surface area contributed by atoms with E-state index in [2.05, 4.69) is 15.0 Å². The van der Waals surface area contributed by atoms with Crippen LogP contribution in [0, 0.1) is 0 Å². The second kappa shape index (κ2) is 4.39. The van der Waals surface area contributed by atoms with Gasteiger partial charge in [0.2, 0.25) is 5.78 Å². The lowest BCUT2D eigenvalue weighted by Crippen LogP contribution is -2.10. The Kier molecular flexibility index (Phi) is 2.77. The zero-order valence-corrected chi connectivity index (χ0v) is 8.20. The van der Waals surface area contributed by atoms with Gasteiger partial charge in [0.15, 0.2) is 6.29 Å². The first-order valence-corrected chi connectivity index (χ1v) is 4.55. The highest BCUT2D eigenvalue weighted by atomic mass is 16.1. The number of aromatic nitrogens is 3. The van der Waals surface area contributed by atoms with Gasteiger partial charge in [-0.25, -0.2) is 9.97 Å². The predicted molar refractivity (Wildman–Crippen MR) is 55.1 cm³/mol. The largest absolute Gasteiger partial charge is 0.296 e. The van der Waals surface area contributed by atoms with E-state index in [1.165, 1.54) is 18.6 Å². The van der Waals surface area contributed by atoms with E-state index in [4.69, 9.17) is 0 Å². The maximum absolute atomic E-state index is 11.9. The minimum Gasteiger partial charge on any atom is -0.296 e. The molecule has 0 spiro atoms. The fourth-order valence-corrected chi connectivity index (χ4v) is 1.23. The molecule has 0 bridgehead atoms. The normalized spacial score (nSPS) is 9.75. The molecular weight excluding hydrogens is 206 g/mol. The number of rotatable bonds is 3. The number of nitrogens with zero attached hydrogens (tertiary/aromatic N) is 3. The van der Waals surface area contributed by atoms with Gasteiger partial charge >= 0.3 is 0 Å². The first kappa shape index (κ1) is 10.1. The van der Waals surface area contributed by atoms with Crippen molar-refractivity contribution in [1.82, 2.24) is 15.0 Å². The highest BCUT2D eigenvalue weighted by molar-refractivity contribution is 6.09. The lowest BCUT2D eigenvalue weighted by molar-refractivity contribution is 0.101. The fourth-order valence-electron chi connectivity index (χ4n) is 1.23. The van der Waals surface area contributed by atoms with E-state index in [0.717, 1.165) is 0 Å². The molecule has 2 heterocycles. The van der Waals surface area contributed by atoms with Crippen molar-refractivity contribution in [3.05, 3.63) is 53.9 Å². The van der Waals surface area contributed by atoms with Gasteiger partial charge in [-0.2, -0.15) is 0 Å². The van der Waals surface area contributed by atoms with Crippen molar-refractivity contribution in [2.24, 2.45) is 0 Å². The van der Waals surface area contributed by atoms with E-state index >= 15 is 0 Å². The minimum atomic E-state index is -0.407. The van der Waals surface area contributed by atoms with E-state index < -0.39 is 5.78 Å². The summed E-state index contributed by atoms with van der Waals surface area (Å²) in [7, 11) is 0. The highest BCUT2D eigenvalue weighted by Crippen LogP contribution is 2.06. The first-order valence-electron chi connectivity index (χ1n) is 4.55. The van der Waals surface area contributed by atoms with Crippen LogP contribution in [0.25, 0.3) is 0 Å². The molecule has 0 atom stereocenters. The summed E-state index contributed by atoms with van der Waals surface area (Å²) in [5.74, 6) is -0.407. The average molecular weight is 213 g/mol. The van der Waals surface area contributed by atoms with Crippen LogP contribution < -0.4 is 0 Å². The van der Waals surface area contributed by atoms with Crippen LogP contribution in [0.3, 0.4) is 0 Å². The molecule has 0 unspecified atom stereocenters. The van der Waals surface area contributed by atoms with Crippen molar-refractivity contribution < 1.29 is 9.59 Å². The fraction of sp³-hybridized carbons (Fsp3) is 0. The Morgan fingerprint density at radius 2 is 1.88 bits per heavy atom. The zero-order valence-electron chi connectivity index (χ0n) is 8.20. The van der Waals surface area contributed by atoms with Crippen LogP contribution >= 0.6 is 0 Å². The van der Waals surface area contributed by atoms with Crippen molar-refractivity contribution in [3.63, 3.8) is 0 Å². The topological polar surface area (TPSA) is 72.8 Å². The molecule has 0 saturated heterocycles. The second-order valence-corrected chi connectivity index (χ2v) is 2.95. The number of pyridine rings is 1. The first-order chi connectivity index (χ1) is 7.83. The lowest BCUT2D eigenvalue weighted by Gasteiger charge is -2.00. The van der Waals surface area contributed by atoms with Crippen LogP contribution in [0.4, 0.5) is 0 Å². The Morgan fingerprint density at radius 3 is 2.56 bits per heavy atom. The minimum absolute atomic E-state index is 0.0243. The van der Waals surface area contributed by atoms with Crippen molar-refractivity contribution in [2.45, 2.75) is 0 Å². The van der Waals surface area contributed by atoms with Gasteiger partial charge in [-0.1, -0.05) is 6.07 Å². The van der Waals surface area contributed by atoms with Gasteiger partial charge in [-0.3, -0.25) is 14.6 Å². The monoisotopic (exact) mass is 213 g/mol. The Balaban J connectivity index is 2.46. The molecule has 2 rings (SSSR count). The molecule has 0 fully saturated rings. The van der Waals surface area contributed by atoms with E-state index in [0.29, 0.717) is 6.29 Å². The number of aldehydes is 1. The van der Waals surface area contributed by atoms with E-state index in [-0.39, 0.29) is 17.1 Å².